The van der Waals surface area contributed by atoms with Gasteiger partial charge in [-0.05, 0) is 0 Å². The topological polar surface area (TPSA) is 20.3 Å². The normalized spacial score (nSPS) is 11.4. The maximum atomic E-state index is 10.5. The first-order valence-electron chi connectivity index (χ1n) is 4.66. The molecule has 0 radical (unpaired) electrons. The molecule has 0 aliphatic carbocycles. The molecule has 0 aliphatic heterocycles. The third kappa shape index (κ3) is 4.08. The summed E-state index contributed by atoms with van der Waals surface area (Å²) < 4.78 is 1.37. The molecule has 0 bridgehead atoms. The fourth-order valence-electron chi connectivity index (χ4n) is 1.15. The SMILES string of the molecule is CN(C)CC[AsH]c1cccc(C=O)c1. The van der Waals surface area contributed by atoms with Gasteiger partial charge < -0.3 is 0 Å². The molecular formula is C11H16AsNO. The van der Waals surface area contributed by atoms with E-state index in [0.29, 0.717) is 0 Å². The van der Waals surface area contributed by atoms with Crippen LogP contribution in [-0.2, 0) is 0 Å². The molecule has 0 spiro atoms. The monoisotopic (exact) mass is 253 g/mol. The first-order valence-corrected chi connectivity index (χ1v) is 7.19. The zero-order chi connectivity index (χ0) is 10.4. The van der Waals surface area contributed by atoms with Crippen molar-refractivity contribution in [1.29, 1.82) is 0 Å². The van der Waals surface area contributed by atoms with Gasteiger partial charge in [0.1, 0.15) is 0 Å². The Morgan fingerprint density at radius 3 is 2.86 bits per heavy atom. The van der Waals surface area contributed by atoms with E-state index in [4.69, 9.17) is 0 Å². The quantitative estimate of drug-likeness (QED) is 0.564. The van der Waals surface area contributed by atoms with Gasteiger partial charge in [-0.1, -0.05) is 0 Å². The Kier molecular flexibility index (Phi) is 4.92. The van der Waals surface area contributed by atoms with E-state index in [2.05, 4.69) is 25.1 Å². The molecule has 0 saturated carbocycles. The molecule has 1 rings (SSSR count). The number of hydrogen-bond acceptors (Lipinski definition) is 2. The van der Waals surface area contributed by atoms with Crippen molar-refractivity contribution in [3.63, 3.8) is 0 Å². The van der Waals surface area contributed by atoms with Crippen LogP contribution in [0.25, 0.3) is 0 Å². The molecule has 14 heavy (non-hydrogen) atoms. The zero-order valence-electron chi connectivity index (χ0n) is 8.66. The van der Waals surface area contributed by atoms with E-state index in [9.17, 15) is 4.79 Å². The molecule has 0 amide bonds. The first kappa shape index (κ1) is 11.5. The second-order valence-corrected chi connectivity index (χ2v) is 6.48. The van der Waals surface area contributed by atoms with Gasteiger partial charge in [0, 0.05) is 0 Å². The standard InChI is InChI=1S/C11H16AsNO/c1-13(2)7-6-12-11-5-3-4-10(8-11)9-14/h3-5,8-9,12H,6-7H2,1-2H3. The molecule has 1 unspecified atom stereocenters. The third-order valence-electron chi connectivity index (χ3n) is 1.91. The zero-order valence-corrected chi connectivity index (χ0v) is 10.8. The molecular weight excluding hydrogens is 237 g/mol. The third-order valence-corrected chi connectivity index (χ3v) is 4.41. The second-order valence-electron chi connectivity index (χ2n) is 3.47. The molecule has 1 atom stereocenters. The van der Waals surface area contributed by atoms with E-state index in [-0.39, 0.29) is 15.8 Å². The summed E-state index contributed by atoms with van der Waals surface area (Å²) in [7, 11) is 4.18. The number of rotatable bonds is 5. The molecule has 0 aliphatic rings. The number of hydrogen-bond donors (Lipinski definition) is 0. The van der Waals surface area contributed by atoms with Crippen molar-refractivity contribution in [3.05, 3.63) is 29.8 Å². The minimum atomic E-state index is -0.0628. The molecule has 0 aromatic heterocycles. The Bertz CT molecular complexity index is 299. The van der Waals surface area contributed by atoms with E-state index in [0.717, 1.165) is 18.4 Å². The van der Waals surface area contributed by atoms with Crippen LogP contribution in [-0.4, -0.2) is 47.6 Å². The molecule has 1 aromatic carbocycles. The average Bonchev–Trinajstić information content (AvgIpc) is 2.18. The maximum absolute atomic E-state index is 10.5. The van der Waals surface area contributed by atoms with Crippen LogP contribution in [0.5, 0.6) is 0 Å². The summed E-state index contributed by atoms with van der Waals surface area (Å²) in [6.45, 7) is 1.14. The molecule has 1 aromatic rings. The van der Waals surface area contributed by atoms with Crippen molar-refractivity contribution in [2.45, 2.75) is 5.21 Å². The Morgan fingerprint density at radius 1 is 1.43 bits per heavy atom. The van der Waals surface area contributed by atoms with Crippen LogP contribution in [0.4, 0.5) is 0 Å². The van der Waals surface area contributed by atoms with E-state index < -0.39 is 0 Å². The van der Waals surface area contributed by atoms with Crippen LogP contribution >= 0.6 is 0 Å². The van der Waals surface area contributed by atoms with Gasteiger partial charge >= 0.3 is 91.8 Å². The van der Waals surface area contributed by atoms with Gasteiger partial charge in [0.2, 0.25) is 0 Å². The summed E-state index contributed by atoms with van der Waals surface area (Å²) in [6.07, 6.45) is 0.918. The molecule has 3 heteroatoms. The fourth-order valence-corrected chi connectivity index (χ4v) is 3.94. The summed E-state index contributed by atoms with van der Waals surface area (Å²) >= 11 is -0.0628. The van der Waals surface area contributed by atoms with Crippen molar-refractivity contribution in [2.75, 3.05) is 20.6 Å². The average molecular weight is 253 g/mol. The van der Waals surface area contributed by atoms with Crippen molar-refractivity contribution >= 4 is 26.4 Å². The van der Waals surface area contributed by atoms with Crippen LogP contribution < -0.4 is 4.35 Å². The molecule has 0 saturated heterocycles. The summed E-state index contributed by atoms with van der Waals surface area (Å²) in [5.41, 5.74) is 0.802. The Hall–Kier alpha value is -0.592. The molecule has 2 nitrogen and oxygen atoms in total. The van der Waals surface area contributed by atoms with Crippen LogP contribution in [0.2, 0.25) is 5.21 Å². The van der Waals surface area contributed by atoms with Gasteiger partial charge in [-0.25, -0.2) is 0 Å². The van der Waals surface area contributed by atoms with Crippen LogP contribution in [0.1, 0.15) is 10.4 Å². The first-order chi connectivity index (χ1) is 6.72. The predicted molar refractivity (Wildman–Crippen MR) is 62.0 cm³/mol. The van der Waals surface area contributed by atoms with Crippen molar-refractivity contribution < 1.29 is 4.79 Å². The molecule has 76 valence electrons. The van der Waals surface area contributed by atoms with E-state index in [1.54, 1.807) is 0 Å². The number of nitrogens with zero attached hydrogens (tertiary/aromatic N) is 1. The van der Waals surface area contributed by atoms with Gasteiger partial charge in [0.25, 0.3) is 0 Å². The van der Waals surface area contributed by atoms with E-state index >= 15 is 0 Å². The Morgan fingerprint density at radius 2 is 2.21 bits per heavy atom. The number of carbonyl (C=O) groups is 1. The van der Waals surface area contributed by atoms with Crippen molar-refractivity contribution in [3.8, 4) is 0 Å². The number of carbonyl (C=O) groups excluding carboxylic acids is 1. The summed E-state index contributed by atoms with van der Waals surface area (Å²) in [5.74, 6) is 0. The van der Waals surface area contributed by atoms with E-state index in [1.165, 1.54) is 9.56 Å². The van der Waals surface area contributed by atoms with Gasteiger partial charge in [0.15, 0.2) is 0 Å². The van der Waals surface area contributed by atoms with Crippen LogP contribution in [0.3, 0.4) is 0 Å². The van der Waals surface area contributed by atoms with Crippen molar-refractivity contribution in [1.82, 2.24) is 4.90 Å². The van der Waals surface area contributed by atoms with E-state index in [1.807, 2.05) is 18.2 Å². The summed E-state index contributed by atoms with van der Waals surface area (Å²) in [6, 6.07) is 7.97. The number of aldehydes is 1. The van der Waals surface area contributed by atoms with Gasteiger partial charge in [0.05, 0.1) is 0 Å². The Labute approximate surface area is 92.0 Å². The van der Waals surface area contributed by atoms with Gasteiger partial charge in [-0.3, -0.25) is 0 Å². The minimum absolute atomic E-state index is 0.0628. The predicted octanol–water partition coefficient (Wildman–Crippen LogP) is 0.541. The Balaban J connectivity index is 2.46. The fraction of sp³-hybridized carbons (Fsp3) is 0.364. The van der Waals surface area contributed by atoms with Crippen LogP contribution in [0, 0.1) is 0 Å². The second kappa shape index (κ2) is 6.00. The summed E-state index contributed by atoms with van der Waals surface area (Å²) in [5, 5.41) is 1.26. The molecule has 0 heterocycles. The van der Waals surface area contributed by atoms with Gasteiger partial charge in [-0.15, -0.1) is 0 Å². The van der Waals surface area contributed by atoms with Crippen molar-refractivity contribution in [2.24, 2.45) is 0 Å². The summed E-state index contributed by atoms with van der Waals surface area (Å²) in [4.78, 5) is 12.7. The molecule has 0 fully saturated rings. The number of benzene rings is 1. The van der Waals surface area contributed by atoms with Crippen LogP contribution in [0.15, 0.2) is 24.3 Å². The van der Waals surface area contributed by atoms with Gasteiger partial charge in [-0.2, -0.15) is 0 Å². The molecule has 0 N–H and O–H groups in total.